The molecule has 0 amide bonds. The van der Waals surface area contributed by atoms with Crippen molar-refractivity contribution in [1.29, 1.82) is 0 Å². The van der Waals surface area contributed by atoms with E-state index in [0.717, 1.165) is 16.1 Å². The lowest BCUT2D eigenvalue weighted by Gasteiger charge is -1.96. The highest BCUT2D eigenvalue weighted by atomic mass is 32.1. The van der Waals surface area contributed by atoms with Gasteiger partial charge in [0.25, 0.3) is 0 Å². The fourth-order valence-corrected chi connectivity index (χ4v) is 2.65. The van der Waals surface area contributed by atoms with E-state index in [9.17, 15) is 4.79 Å². The lowest BCUT2D eigenvalue weighted by molar-refractivity contribution is 0.0701. The Morgan fingerprint density at radius 2 is 2.24 bits per heavy atom. The molecular weight excluding hydrogens is 234 g/mol. The van der Waals surface area contributed by atoms with Crippen molar-refractivity contribution in [3.05, 3.63) is 40.4 Å². The van der Waals surface area contributed by atoms with E-state index in [4.69, 9.17) is 5.11 Å². The van der Waals surface area contributed by atoms with Crippen LogP contribution in [0, 0.1) is 6.92 Å². The van der Waals surface area contributed by atoms with Crippen molar-refractivity contribution >= 4 is 17.3 Å². The molecule has 1 heterocycles. The highest BCUT2D eigenvalue weighted by Crippen LogP contribution is 2.28. The lowest BCUT2D eigenvalue weighted by Crippen LogP contribution is -1.97. The summed E-state index contributed by atoms with van der Waals surface area (Å²) in [7, 11) is 0. The number of rotatable bonds is 3. The standard InChI is InChI=1S/C13H13NO2S/c1-3-10-11(13(15)16)17-12(14-10)9-6-4-5-8(2)7-9/h4-7H,3H2,1-2H3,(H,15,16). The first-order valence-electron chi connectivity index (χ1n) is 5.42. The Kier molecular flexibility index (Phi) is 3.24. The number of hydrogen-bond donors (Lipinski definition) is 1. The summed E-state index contributed by atoms with van der Waals surface area (Å²) in [6.45, 7) is 3.93. The van der Waals surface area contributed by atoms with Gasteiger partial charge in [-0.3, -0.25) is 0 Å². The number of aromatic nitrogens is 1. The van der Waals surface area contributed by atoms with E-state index in [1.807, 2.05) is 38.1 Å². The number of nitrogens with zero attached hydrogens (tertiary/aromatic N) is 1. The maximum absolute atomic E-state index is 11.1. The summed E-state index contributed by atoms with van der Waals surface area (Å²) in [4.78, 5) is 15.8. The molecule has 0 spiro atoms. The molecule has 0 aliphatic rings. The zero-order valence-corrected chi connectivity index (χ0v) is 10.5. The minimum atomic E-state index is -0.891. The first-order valence-corrected chi connectivity index (χ1v) is 6.23. The topological polar surface area (TPSA) is 50.2 Å². The van der Waals surface area contributed by atoms with Crippen LogP contribution in [0.25, 0.3) is 10.6 Å². The van der Waals surface area contributed by atoms with E-state index >= 15 is 0 Å². The molecule has 0 saturated carbocycles. The Morgan fingerprint density at radius 1 is 1.47 bits per heavy atom. The third-order valence-corrected chi connectivity index (χ3v) is 3.63. The van der Waals surface area contributed by atoms with E-state index in [1.165, 1.54) is 11.3 Å². The fourth-order valence-electron chi connectivity index (χ4n) is 1.66. The summed E-state index contributed by atoms with van der Waals surface area (Å²) in [5.74, 6) is -0.891. The monoisotopic (exact) mass is 247 g/mol. The molecule has 17 heavy (non-hydrogen) atoms. The molecule has 0 aliphatic heterocycles. The van der Waals surface area contributed by atoms with Crippen LogP contribution in [0.1, 0.15) is 27.9 Å². The minimum absolute atomic E-state index is 0.351. The number of thiazole rings is 1. The Morgan fingerprint density at radius 3 is 2.76 bits per heavy atom. The summed E-state index contributed by atoms with van der Waals surface area (Å²) < 4.78 is 0. The molecule has 0 atom stereocenters. The molecule has 2 rings (SSSR count). The average molecular weight is 247 g/mol. The third kappa shape index (κ3) is 2.36. The zero-order chi connectivity index (χ0) is 12.4. The van der Waals surface area contributed by atoms with Crippen molar-refractivity contribution in [2.75, 3.05) is 0 Å². The van der Waals surface area contributed by atoms with Gasteiger partial charge < -0.3 is 5.11 Å². The molecule has 0 fully saturated rings. The number of aromatic carboxylic acids is 1. The van der Waals surface area contributed by atoms with Crippen molar-refractivity contribution in [2.24, 2.45) is 0 Å². The minimum Gasteiger partial charge on any atom is -0.477 e. The summed E-state index contributed by atoms with van der Waals surface area (Å²) in [6, 6.07) is 7.94. The van der Waals surface area contributed by atoms with Crippen molar-refractivity contribution < 1.29 is 9.90 Å². The van der Waals surface area contributed by atoms with E-state index in [-0.39, 0.29) is 0 Å². The molecule has 2 aromatic rings. The number of hydrogen-bond acceptors (Lipinski definition) is 3. The van der Waals surface area contributed by atoms with Crippen molar-refractivity contribution in [2.45, 2.75) is 20.3 Å². The summed E-state index contributed by atoms with van der Waals surface area (Å²) in [6.07, 6.45) is 0.643. The van der Waals surface area contributed by atoms with E-state index < -0.39 is 5.97 Å². The Hall–Kier alpha value is -1.68. The van der Waals surface area contributed by atoms with Gasteiger partial charge in [-0.15, -0.1) is 11.3 Å². The van der Waals surface area contributed by atoms with E-state index in [1.54, 1.807) is 0 Å². The molecule has 88 valence electrons. The van der Waals surface area contributed by atoms with Crippen LogP contribution in [-0.2, 0) is 6.42 Å². The summed E-state index contributed by atoms with van der Waals surface area (Å²) in [5, 5.41) is 9.86. The van der Waals surface area contributed by atoms with Crippen LogP contribution in [-0.4, -0.2) is 16.1 Å². The van der Waals surface area contributed by atoms with Crippen LogP contribution >= 0.6 is 11.3 Å². The molecule has 3 nitrogen and oxygen atoms in total. The SMILES string of the molecule is CCc1nc(-c2cccc(C)c2)sc1C(=O)O. The van der Waals surface area contributed by atoms with Crippen molar-refractivity contribution in [3.63, 3.8) is 0 Å². The normalized spacial score (nSPS) is 10.5. The van der Waals surface area contributed by atoms with Gasteiger partial charge in [-0.05, 0) is 19.4 Å². The molecule has 0 saturated heterocycles. The zero-order valence-electron chi connectivity index (χ0n) is 9.73. The molecule has 4 heteroatoms. The highest BCUT2D eigenvalue weighted by Gasteiger charge is 2.16. The largest absolute Gasteiger partial charge is 0.477 e. The van der Waals surface area contributed by atoms with E-state index in [2.05, 4.69) is 4.98 Å². The van der Waals surface area contributed by atoms with Crippen LogP contribution in [0.15, 0.2) is 24.3 Å². The van der Waals surface area contributed by atoms with Gasteiger partial charge in [0, 0.05) is 5.56 Å². The molecule has 1 N–H and O–H groups in total. The van der Waals surface area contributed by atoms with Crippen LogP contribution in [0.4, 0.5) is 0 Å². The maximum atomic E-state index is 11.1. The van der Waals surface area contributed by atoms with Gasteiger partial charge in [0.15, 0.2) is 0 Å². The predicted molar refractivity (Wildman–Crippen MR) is 68.6 cm³/mol. The quantitative estimate of drug-likeness (QED) is 0.904. The number of aryl methyl sites for hydroxylation is 2. The first kappa shape index (κ1) is 11.8. The Labute approximate surface area is 104 Å². The number of carbonyl (C=O) groups is 1. The van der Waals surface area contributed by atoms with Gasteiger partial charge >= 0.3 is 5.97 Å². The van der Waals surface area contributed by atoms with Gasteiger partial charge in [0.1, 0.15) is 9.88 Å². The molecule has 0 unspecified atom stereocenters. The van der Waals surface area contributed by atoms with Crippen molar-refractivity contribution in [3.8, 4) is 10.6 Å². The van der Waals surface area contributed by atoms with Crippen molar-refractivity contribution in [1.82, 2.24) is 4.98 Å². The van der Waals surface area contributed by atoms with Gasteiger partial charge in [0.2, 0.25) is 0 Å². The third-order valence-electron chi connectivity index (χ3n) is 2.49. The average Bonchev–Trinajstić information content (AvgIpc) is 2.73. The molecule has 0 aliphatic carbocycles. The number of carboxylic acid groups (broad SMARTS) is 1. The van der Waals surface area contributed by atoms with Crippen LogP contribution in [0.3, 0.4) is 0 Å². The Bertz CT molecular complexity index is 560. The second-order valence-corrected chi connectivity index (χ2v) is 4.82. The first-order chi connectivity index (χ1) is 8.11. The summed E-state index contributed by atoms with van der Waals surface area (Å²) in [5.41, 5.74) is 2.80. The molecular formula is C13H13NO2S. The number of carboxylic acids is 1. The smallest absolute Gasteiger partial charge is 0.347 e. The van der Waals surface area contributed by atoms with Gasteiger partial charge in [-0.25, -0.2) is 9.78 Å². The van der Waals surface area contributed by atoms with E-state index in [0.29, 0.717) is 17.0 Å². The van der Waals surface area contributed by atoms with Gasteiger partial charge in [-0.1, -0.05) is 30.7 Å². The molecule has 1 aromatic heterocycles. The lowest BCUT2D eigenvalue weighted by atomic mass is 10.1. The number of benzene rings is 1. The van der Waals surface area contributed by atoms with Gasteiger partial charge in [0.05, 0.1) is 5.69 Å². The predicted octanol–water partition coefficient (Wildman–Crippen LogP) is 3.38. The fraction of sp³-hybridized carbons (Fsp3) is 0.231. The maximum Gasteiger partial charge on any atom is 0.347 e. The second kappa shape index (κ2) is 4.67. The van der Waals surface area contributed by atoms with Crippen LogP contribution in [0.2, 0.25) is 0 Å². The highest BCUT2D eigenvalue weighted by molar-refractivity contribution is 7.17. The molecule has 0 radical (unpaired) electrons. The van der Waals surface area contributed by atoms with Crippen LogP contribution in [0.5, 0.6) is 0 Å². The van der Waals surface area contributed by atoms with Gasteiger partial charge in [-0.2, -0.15) is 0 Å². The second-order valence-electron chi connectivity index (χ2n) is 3.82. The summed E-state index contributed by atoms with van der Waals surface area (Å²) >= 11 is 1.24. The molecule has 0 bridgehead atoms. The molecule has 1 aromatic carbocycles. The van der Waals surface area contributed by atoms with Crippen LogP contribution < -0.4 is 0 Å². The Balaban J connectivity index is 2.50.